The molecule has 0 saturated heterocycles. The molecule has 0 spiro atoms. The normalized spacial score (nSPS) is 12.6. The molecule has 6 heteroatoms. The second kappa shape index (κ2) is 51.5. The lowest BCUT2D eigenvalue weighted by Crippen LogP contribution is -2.30. The van der Waals surface area contributed by atoms with E-state index in [0.29, 0.717) is 19.3 Å². The van der Waals surface area contributed by atoms with Crippen LogP contribution in [-0.2, 0) is 28.6 Å². The maximum atomic E-state index is 12.8. The van der Waals surface area contributed by atoms with Gasteiger partial charge < -0.3 is 14.2 Å². The molecule has 0 aromatic rings. The van der Waals surface area contributed by atoms with Gasteiger partial charge in [-0.3, -0.25) is 14.4 Å². The molecular formula is C57H98O6. The quantitative estimate of drug-likeness (QED) is 0.0262. The van der Waals surface area contributed by atoms with Crippen molar-refractivity contribution in [3.63, 3.8) is 0 Å². The molecule has 0 amide bonds. The van der Waals surface area contributed by atoms with Gasteiger partial charge in [-0.25, -0.2) is 0 Å². The van der Waals surface area contributed by atoms with Crippen LogP contribution >= 0.6 is 0 Å². The average Bonchev–Trinajstić information content (AvgIpc) is 3.28. The van der Waals surface area contributed by atoms with Crippen LogP contribution in [0, 0.1) is 0 Å². The highest BCUT2D eigenvalue weighted by atomic mass is 16.6. The van der Waals surface area contributed by atoms with Crippen LogP contribution in [0.5, 0.6) is 0 Å². The molecule has 0 heterocycles. The first kappa shape index (κ1) is 59.9. The minimum atomic E-state index is -0.783. The summed E-state index contributed by atoms with van der Waals surface area (Å²) < 4.78 is 16.8. The van der Waals surface area contributed by atoms with E-state index in [-0.39, 0.29) is 31.1 Å². The number of carbonyl (C=O) groups is 3. The van der Waals surface area contributed by atoms with Gasteiger partial charge >= 0.3 is 17.9 Å². The smallest absolute Gasteiger partial charge is 0.306 e. The summed E-state index contributed by atoms with van der Waals surface area (Å²) in [5.74, 6) is -0.904. The van der Waals surface area contributed by atoms with Crippen LogP contribution in [-0.4, -0.2) is 37.2 Å². The van der Waals surface area contributed by atoms with Gasteiger partial charge in [-0.05, 0) is 89.9 Å². The van der Waals surface area contributed by atoms with Gasteiger partial charge in [0, 0.05) is 19.3 Å². The van der Waals surface area contributed by atoms with Crippen LogP contribution in [0.4, 0.5) is 0 Å². The van der Waals surface area contributed by atoms with Crippen molar-refractivity contribution in [3.05, 3.63) is 72.9 Å². The topological polar surface area (TPSA) is 78.9 Å². The number of allylic oxidation sites excluding steroid dienone is 12. The lowest BCUT2D eigenvalue weighted by atomic mass is 10.1. The van der Waals surface area contributed by atoms with Crippen molar-refractivity contribution in [3.8, 4) is 0 Å². The van der Waals surface area contributed by atoms with Gasteiger partial charge in [0.15, 0.2) is 6.10 Å². The Labute approximate surface area is 389 Å². The van der Waals surface area contributed by atoms with Crippen molar-refractivity contribution in [2.45, 2.75) is 258 Å². The zero-order chi connectivity index (χ0) is 45.8. The molecule has 1 unspecified atom stereocenters. The van der Waals surface area contributed by atoms with Crippen LogP contribution in [0.15, 0.2) is 72.9 Å². The Balaban J connectivity index is 4.35. The highest BCUT2D eigenvalue weighted by Crippen LogP contribution is 2.14. The van der Waals surface area contributed by atoms with E-state index >= 15 is 0 Å². The van der Waals surface area contributed by atoms with Crippen LogP contribution in [0.1, 0.15) is 252 Å². The molecule has 1 atom stereocenters. The number of hydrogen-bond donors (Lipinski definition) is 0. The van der Waals surface area contributed by atoms with E-state index < -0.39 is 6.10 Å². The Hall–Kier alpha value is -3.15. The van der Waals surface area contributed by atoms with Crippen LogP contribution in [0.25, 0.3) is 0 Å². The number of esters is 3. The van der Waals surface area contributed by atoms with Crippen LogP contribution < -0.4 is 0 Å². The Morgan fingerprint density at radius 2 is 0.619 bits per heavy atom. The first-order valence-corrected chi connectivity index (χ1v) is 26.4. The zero-order valence-electron chi connectivity index (χ0n) is 41.3. The molecule has 0 fully saturated rings. The minimum absolute atomic E-state index is 0.0822. The molecule has 0 aliphatic carbocycles. The number of ether oxygens (including phenoxy) is 3. The Morgan fingerprint density at radius 3 is 1.00 bits per heavy atom. The van der Waals surface area contributed by atoms with Crippen molar-refractivity contribution in [2.75, 3.05) is 13.2 Å². The van der Waals surface area contributed by atoms with Gasteiger partial charge in [-0.15, -0.1) is 0 Å². The molecule has 0 aromatic carbocycles. The van der Waals surface area contributed by atoms with E-state index in [1.54, 1.807) is 0 Å². The van der Waals surface area contributed by atoms with Crippen LogP contribution in [0.2, 0.25) is 0 Å². The highest BCUT2D eigenvalue weighted by molar-refractivity contribution is 5.71. The van der Waals surface area contributed by atoms with Gasteiger partial charge in [-0.1, -0.05) is 216 Å². The molecule has 0 aliphatic rings. The maximum Gasteiger partial charge on any atom is 0.306 e. The van der Waals surface area contributed by atoms with Gasteiger partial charge in [0.25, 0.3) is 0 Å². The lowest BCUT2D eigenvalue weighted by Gasteiger charge is -2.18. The molecule has 0 aliphatic heterocycles. The maximum absolute atomic E-state index is 12.8. The summed E-state index contributed by atoms with van der Waals surface area (Å²) >= 11 is 0. The highest BCUT2D eigenvalue weighted by Gasteiger charge is 2.19. The van der Waals surface area contributed by atoms with Crippen molar-refractivity contribution < 1.29 is 28.6 Å². The van der Waals surface area contributed by atoms with Crippen molar-refractivity contribution in [1.29, 1.82) is 0 Å². The molecule has 362 valence electrons. The van der Waals surface area contributed by atoms with Crippen LogP contribution in [0.3, 0.4) is 0 Å². The summed E-state index contributed by atoms with van der Waals surface area (Å²) in [6.07, 6.45) is 64.6. The van der Waals surface area contributed by atoms with E-state index in [2.05, 4.69) is 93.7 Å². The van der Waals surface area contributed by atoms with Crippen molar-refractivity contribution >= 4 is 17.9 Å². The summed E-state index contributed by atoms with van der Waals surface area (Å²) in [6.45, 7) is 6.47. The number of hydrogen-bond acceptors (Lipinski definition) is 6. The van der Waals surface area contributed by atoms with E-state index in [1.165, 1.54) is 109 Å². The minimum Gasteiger partial charge on any atom is -0.462 e. The Bertz CT molecular complexity index is 1190. The van der Waals surface area contributed by atoms with Crippen molar-refractivity contribution in [1.82, 2.24) is 0 Å². The average molecular weight is 879 g/mol. The fourth-order valence-corrected chi connectivity index (χ4v) is 7.23. The fraction of sp³-hybridized carbons (Fsp3) is 0.737. The SMILES string of the molecule is CC/C=C\C/C=C\C/C=C\C/C=C\CCCCCCCCC(=O)OCC(COC(=O)CCCCCCCCCCC)OC(=O)CCCCCCCCC/C=C\C/C=C\CCCCC. The van der Waals surface area contributed by atoms with E-state index in [1.807, 2.05) is 0 Å². The van der Waals surface area contributed by atoms with Gasteiger partial charge in [0.05, 0.1) is 0 Å². The van der Waals surface area contributed by atoms with E-state index in [4.69, 9.17) is 14.2 Å². The summed E-state index contributed by atoms with van der Waals surface area (Å²) in [4.78, 5) is 37.9. The molecule has 6 nitrogen and oxygen atoms in total. The Morgan fingerprint density at radius 1 is 0.333 bits per heavy atom. The third kappa shape index (κ3) is 49.7. The van der Waals surface area contributed by atoms with E-state index in [0.717, 1.165) is 103 Å². The lowest BCUT2D eigenvalue weighted by molar-refractivity contribution is -0.167. The zero-order valence-corrected chi connectivity index (χ0v) is 41.3. The summed E-state index contributed by atoms with van der Waals surface area (Å²) in [5.41, 5.74) is 0. The number of carbonyl (C=O) groups excluding carboxylic acids is 3. The van der Waals surface area contributed by atoms with Gasteiger partial charge in [-0.2, -0.15) is 0 Å². The molecule has 0 bridgehead atoms. The third-order valence-corrected chi connectivity index (χ3v) is 11.2. The summed E-state index contributed by atoms with van der Waals surface area (Å²) in [6, 6.07) is 0. The van der Waals surface area contributed by atoms with E-state index in [9.17, 15) is 14.4 Å². The summed E-state index contributed by atoms with van der Waals surface area (Å²) in [7, 11) is 0. The first-order valence-electron chi connectivity index (χ1n) is 26.4. The molecule has 0 N–H and O–H groups in total. The Kier molecular flexibility index (Phi) is 48.9. The molecule has 0 rings (SSSR count). The predicted molar refractivity (Wildman–Crippen MR) is 270 cm³/mol. The second-order valence-electron chi connectivity index (χ2n) is 17.4. The third-order valence-electron chi connectivity index (χ3n) is 11.2. The molecule has 0 saturated carbocycles. The monoisotopic (exact) mass is 879 g/mol. The number of rotatable bonds is 47. The van der Waals surface area contributed by atoms with Gasteiger partial charge in [0.2, 0.25) is 0 Å². The van der Waals surface area contributed by atoms with Gasteiger partial charge in [0.1, 0.15) is 13.2 Å². The molecule has 0 radical (unpaired) electrons. The molecular weight excluding hydrogens is 781 g/mol. The second-order valence-corrected chi connectivity index (χ2v) is 17.4. The number of unbranched alkanes of at least 4 members (excludes halogenated alkanes) is 24. The molecule has 0 aromatic heterocycles. The van der Waals surface area contributed by atoms with Crippen molar-refractivity contribution in [2.24, 2.45) is 0 Å². The standard InChI is InChI=1S/C57H98O6/c1-4-7-10-13-16-19-21-23-25-27-28-30-31-33-35-38-41-44-47-50-56(59)62-53-54(52-61-55(58)49-46-43-40-37-18-15-12-9-6-3)63-57(60)51-48-45-42-39-36-34-32-29-26-24-22-20-17-14-11-8-5-2/h7,10,16-17,19-20,23-26,28,30,54H,4-6,8-9,11-15,18,21-22,27,29,31-53H2,1-3H3/b10-7-,19-16-,20-17-,25-23-,26-24-,30-28-. The summed E-state index contributed by atoms with van der Waals surface area (Å²) in [5, 5.41) is 0. The largest absolute Gasteiger partial charge is 0.462 e. The predicted octanol–water partition coefficient (Wildman–Crippen LogP) is 17.4. The fourth-order valence-electron chi connectivity index (χ4n) is 7.23. The molecule has 63 heavy (non-hydrogen) atoms. The first-order chi connectivity index (χ1) is 31.0.